The van der Waals surface area contributed by atoms with Crippen LogP contribution in [0.1, 0.15) is 41.5 Å². The summed E-state index contributed by atoms with van der Waals surface area (Å²) in [5.41, 5.74) is -1.28. The Morgan fingerprint density at radius 3 is 2.41 bits per heavy atom. The average Bonchev–Trinajstić information content (AvgIpc) is 2.56. The van der Waals surface area contributed by atoms with Crippen molar-refractivity contribution in [1.82, 2.24) is 4.31 Å². The van der Waals surface area contributed by atoms with Gasteiger partial charge in [0.05, 0.1) is 16.6 Å². The summed E-state index contributed by atoms with van der Waals surface area (Å²) in [5, 5.41) is 9.64. The van der Waals surface area contributed by atoms with Crippen LogP contribution >= 0.6 is 0 Å². The topological polar surface area (TPSA) is 93.1 Å². The smallest absolute Gasteiger partial charge is 0.325 e. The Hall–Kier alpha value is -2.08. The van der Waals surface area contributed by atoms with Gasteiger partial charge in [-0.25, -0.2) is 8.42 Å². The summed E-state index contributed by atoms with van der Waals surface area (Å²) >= 11 is 0. The van der Waals surface area contributed by atoms with E-state index in [0.717, 1.165) is 4.31 Å². The maximum atomic E-state index is 13.2. The van der Waals surface area contributed by atoms with Crippen molar-refractivity contribution in [2.24, 2.45) is 5.41 Å². The second-order valence-corrected chi connectivity index (χ2v) is 10.5. The van der Waals surface area contributed by atoms with Crippen LogP contribution in [0.25, 0.3) is 0 Å². The molecule has 2 rings (SSSR count). The van der Waals surface area contributed by atoms with Crippen molar-refractivity contribution in [2.45, 2.75) is 64.2 Å². The molecule has 0 aliphatic carbocycles. The molecule has 0 aromatic heterocycles. The van der Waals surface area contributed by atoms with E-state index in [1.165, 1.54) is 24.3 Å². The van der Waals surface area contributed by atoms with Gasteiger partial charge >= 0.3 is 5.97 Å². The third-order valence-electron chi connectivity index (χ3n) is 4.33. The number of morpholine rings is 1. The Bertz CT molecular complexity index is 903. The van der Waals surface area contributed by atoms with Gasteiger partial charge in [0, 0.05) is 12.0 Å². The monoisotopic (exact) mass is 423 g/mol. The number of sulfonamides is 1. The fourth-order valence-corrected chi connectivity index (χ4v) is 5.03. The van der Waals surface area contributed by atoms with E-state index in [-0.39, 0.29) is 23.5 Å². The number of benzene rings is 1. The number of nitrogens with zero attached hydrogens (tertiary/aromatic N) is 1. The van der Waals surface area contributed by atoms with E-state index in [4.69, 9.17) is 9.47 Å². The molecule has 0 spiro atoms. The molecule has 1 N–H and O–H groups in total. The molecule has 1 saturated heterocycles. The number of carbonyl (C=O) groups is 1. The molecule has 29 heavy (non-hydrogen) atoms. The zero-order valence-corrected chi connectivity index (χ0v) is 18.5. The molecule has 2 unspecified atom stereocenters. The zero-order chi connectivity index (χ0) is 22.0. The summed E-state index contributed by atoms with van der Waals surface area (Å²) in [6, 6.07) is 4.57. The van der Waals surface area contributed by atoms with Gasteiger partial charge in [-0.05, 0) is 65.8 Å². The highest BCUT2D eigenvalue weighted by atomic mass is 32.2. The van der Waals surface area contributed by atoms with Gasteiger partial charge in [-0.2, -0.15) is 4.31 Å². The SMILES string of the molecule is CC1CN(S(=O)(=O)c2ccc(OCC#CC(C)(C)C)cc2)C(C(=O)O)C(C)(C)O1. The van der Waals surface area contributed by atoms with Gasteiger partial charge in [0.2, 0.25) is 10.0 Å². The third-order valence-corrected chi connectivity index (χ3v) is 6.17. The number of hydrogen-bond acceptors (Lipinski definition) is 5. The first-order valence-corrected chi connectivity index (χ1v) is 10.8. The largest absolute Gasteiger partial charge is 0.481 e. The van der Waals surface area contributed by atoms with E-state index in [2.05, 4.69) is 11.8 Å². The molecule has 7 nitrogen and oxygen atoms in total. The lowest BCUT2D eigenvalue weighted by Gasteiger charge is -2.45. The quantitative estimate of drug-likeness (QED) is 0.732. The van der Waals surface area contributed by atoms with E-state index >= 15 is 0 Å². The Balaban J connectivity index is 2.23. The van der Waals surface area contributed by atoms with Gasteiger partial charge in [0.25, 0.3) is 0 Å². The predicted octanol–water partition coefficient (Wildman–Crippen LogP) is 2.76. The number of hydrogen-bond donors (Lipinski definition) is 1. The molecule has 0 bridgehead atoms. The Kier molecular flexibility index (Phi) is 6.68. The third kappa shape index (κ3) is 5.72. The maximum Gasteiger partial charge on any atom is 0.325 e. The van der Waals surface area contributed by atoms with Crippen LogP contribution in [0.15, 0.2) is 29.2 Å². The summed E-state index contributed by atoms with van der Waals surface area (Å²) in [6.07, 6.45) is -0.431. The van der Waals surface area contributed by atoms with E-state index < -0.39 is 33.7 Å². The van der Waals surface area contributed by atoms with Crippen molar-refractivity contribution in [3.05, 3.63) is 24.3 Å². The molecular formula is C21H29NO6S. The first-order valence-electron chi connectivity index (χ1n) is 9.39. The Labute approximate surface area is 173 Å². The van der Waals surface area contributed by atoms with Gasteiger partial charge in [-0.3, -0.25) is 4.79 Å². The molecule has 1 aliphatic heterocycles. The normalized spacial score (nSPS) is 22.4. The zero-order valence-electron chi connectivity index (χ0n) is 17.7. The first kappa shape index (κ1) is 23.2. The second-order valence-electron chi connectivity index (χ2n) is 8.66. The van der Waals surface area contributed by atoms with Crippen LogP contribution < -0.4 is 4.74 Å². The van der Waals surface area contributed by atoms with E-state index in [1.54, 1.807) is 20.8 Å². The molecule has 1 aliphatic rings. The van der Waals surface area contributed by atoms with Crippen molar-refractivity contribution < 1.29 is 27.8 Å². The highest BCUT2D eigenvalue weighted by Gasteiger charge is 2.50. The molecule has 160 valence electrons. The van der Waals surface area contributed by atoms with Gasteiger partial charge in [0.15, 0.2) is 6.04 Å². The Morgan fingerprint density at radius 1 is 1.31 bits per heavy atom. The van der Waals surface area contributed by atoms with Crippen molar-refractivity contribution in [1.29, 1.82) is 0 Å². The van der Waals surface area contributed by atoms with Crippen LogP contribution in [0.4, 0.5) is 0 Å². The lowest BCUT2D eigenvalue weighted by molar-refractivity contribution is -0.174. The van der Waals surface area contributed by atoms with Crippen molar-refractivity contribution in [3.8, 4) is 17.6 Å². The minimum absolute atomic E-state index is 0.00164. The van der Waals surface area contributed by atoms with E-state index in [1.807, 2.05) is 20.8 Å². The number of carboxylic acid groups (broad SMARTS) is 1. The van der Waals surface area contributed by atoms with Crippen LogP contribution in [0, 0.1) is 17.3 Å². The predicted molar refractivity (Wildman–Crippen MR) is 109 cm³/mol. The molecule has 1 aromatic rings. The molecular weight excluding hydrogens is 394 g/mol. The lowest BCUT2D eigenvalue weighted by atomic mass is 9.96. The maximum absolute atomic E-state index is 13.2. The van der Waals surface area contributed by atoms with E-state index in [9.17, 15) is 18.3 Å². The first-order chi connectivity index (χ1) is 13.2. The van der Waals surface area contributed by atoms with Crippen molar-refractivity contribution >= 4 is 16.0 Å². The summed E-state index contributed by atoms with van der Waals surface area (Å²) in [4.78, 5) is 11.8. The second kappa shape index (κ2) is 8.34. The number of carboxylic acids is 1. The van der Waals surface area contributed by atoms with Gasteiger partial charge in [-0.1, -0.05) is 11.8 Å². The van der Waals surface area contributed by atoms with E-state index in [0.29, 0.717) is 5.75 Å². The van der Waals surface area contributed by atoms with Gasteiger partial charge < -0.3 is 14.6 Å². The molecule has 1 aromatic carbocycles. The van der Waals surface area contributed by atoms with Crippen LogP contribution in [0.2, 0.25) is 0 Å². The lowest BCUT2D eigenvalue weighted by Crippen LogP contribution is -2.63. The fraction of sp³-hybridized carbons (Fsp3) is 0.571. The molecule has 0 saturated carbocycles. The average molecular weight is 424 g/mol. The molecule has 2 atom stereocenters. The molecule has 0 amide bonds. The number of rotatable bonds is 5. The number of ether oxygens (including phenoxy) is 2. The summed E-state index contributed by atoms with van der Waals surface area (Å²) in [6.45, 7) is 11.0. The van der Waals surface area contributed by atoms with Crippen LogP contribution in [0.3, 0.4) is 0 Å². The highest BCUT2D eigenvalue weighted by Crippen LogP contribution is 2.33. The summed E-state index contributed by atoms with van der Waals surface area (Å²) in [5.74, 6) is 5.21. The molecule has 0 radical (unpaired) electrons. The fourth-order valence-electron chi connectivity index (χ4n) is 3.25. The molecule has 8 heteroatoms. The molecule has 1 fully saturated rings. The standard InChI is InChI=1S/C21H29NO6S/c1-15-14-22(18(19(23)24)21(5,6)28-15)29(25,26)17-10-8-16(9-11-17)27-13-7-12-20(2,3)4/h8-11,15,18H,13-14H2,1-6H3,(H,23,24). The minimum Gasteiger partial charge on any atom is -0.481 e. The van der Waals surface area contributed by atoms with Crippen molar-refractivity contribution in [3.63, 3.8) is 0 Å². The minimum atomic E-state index is -4.03. The Morgan fingerprint density at radius 2 is 1.90 bits per heavy atom. The van der Waals surface area contributed by atoms with Gasteiger partial charge in [-0.15, -0.1) is 0 Å². The van der Waals surface area contributed by atoms with Crippen LogP contribution in [-0.2, 0) is 19.6 Å². The number of aliphatic carboxylic acids is 1. The highest BCUT2D eigenvalue weighted by molar-refractivity contribution is 7.89. The van der Waals surface area contributed by atoms with Crippen LogP contribution in [-0.4, -0.2) is 54.7 Å². The van der Waals surface area contributed by atoms with Gasteiger partial charge in [0.1, 0.15) is 12.4 Å². The van der Waals surface area contributed by atoms with Crippen LogP contribution in [0.5, 0.6) is 5.75 Å². The summed E-state index contributed by atoms with van der Waals surface area (Å²) < 4.78 is 38.5. The summed E-state index contributed by atoms with van der Waals surface area (Å²) in [7, 11) is -4.03. The van der Waals surface area contributed by atoms with Crippen molar-refractivity contribution in [2.75, 3.05) is 13.2 Å². The molecule has 1 heterocycles.